The summed E-state index contributed by atoms with van der Waals surface area (Å²) in [7, 11) is 2.11. The summed E-state index contributed by atoms with van der Waals surface area (Å²) in [6, 6.07) is 6.00. The van der Waals surface area contributed by atoms with Crippen molar-refractivity contribution in [3.05, 3.63) is 30.1 Å². The Labute approximate surface area is 103 Å². The van der Waals surface area contributed by atoms with Gasteiger partial charge in [0.15, 0.2) is 0 Å². The van der Waals surface area contributed by atoms with E-state index in [1.807, 2.05) is 24.4 Å². The van der Waals surface area contributed by atoms with Crippen LogP contribution in [0.2, 0.25) is 0 Å². The van der Waals surface area contributed by atoms with Crippen LogP contribution in [0.1, 0.15) is 25.0 Å². The topological polar surface area (TPSA) is 42.1 Å². The molecule has 2 N–H and O–H groups in total. The maximum Gasteiger partial charge on any atom is 0.0727 e. The van der Waals surface area contributed by atoms with E-state index in [4.69, 9.17) is 18.0 Å². The van der Waals surface area contributed by atoms with E-state index < -0.39 is 0 Å². The first-order chi connectivity index (χ1) is 7.68. The van der Waals surface area contributed by atoms with Crippen molar-refractivity contribution in [3.8, 4) is 0 Å². The van der Waals surface area contributed by atoms with E-state index in [1.165, 1.54) is 0 Å². The number of nitrogens with zero attached hydrogens (tertiary/aromatic N) is 2. The standard InChI is InChI=1S/C12H19N3S/c1-15(9-5-3-7-12(13)16)10-11-6-2-4-8-14-11/h2,4,6,8H,3,5,7,9-10H2,1H3,(H2,13,16). The number of hydrogen-bond acceptors (Lipinski definition) is 3. The highest BCUT2D eigenvalue weighted by molar-refractivity contribution is 7.80. The average molecular weight is 237 g/mol. The van der Waals surface area contributed by atoms with Crippen LogP contribution in [0.5, 0.6) is 0 Å². The fourth-order valence-electron chi connectivity index (χ4n) is 1.53. The Hall–Kier alpha value is -1.00. The molecule has 3 nitrogen and oxygen atoms in total. The van der Waals surface area contributed by atoms with Crippen LogP contribution in [0.25, 0.3) is 0 Å². The normalized spacial score (nSPS) is 10.6. The maximum atomic E-state index is 5.44. The molecule has 0 saturated heterocycles. The number of pyridine rings is 1. The van der Waals surface area contributed by atoms with Crippen LogP contribution < -0.4 is 5.73 Å². The van der Waals surface area contributed by atoms with Crippen LogP contribution in [-0.4, -0.2) is 28.5 Å². The van der Waals surface area contributed by atoms with E-state index in [0.29, 0.717) is 4.99 Å². The van der Waals surface area contributed by atoms with Gasteiger partial charge in [0.25, 0.3) is 0 Å². The smallest absolute Gasteiger partial charge is 0.0727 e. The van der Waals surface area contributed by atoms with Crippen molar-refractivity contribution in [1.82, 2.24) is 9.88 Å². The van der Waals surface area contributed by atoms with Crippen LogP contribution in [0.4, 0.5) is 0 Å². The van der Waals surface area contributed by atoms with E-state index in [-0.39, 0.29) is 0 Å². The van der Waals surface area contributed by atoms with Crippen LogP contribution >= 0.6 is 12.2 Å². The molecule has 0 bridgehead atoms. The lowest BCUT2D eigenvalue weighted by molar-refractivity contribution is 0.316. The molecule has 88 valence electrons. The third-order valence-corrected chi connectivity index (χ3v) is 2.58. The lowest BCUT2D eigenvalue weighted by Crippen LogP contribution is -2.20. The van der Waals surface area contributed by atoms with Gasteiger partial charge in [0.2, 0.25) is 0 Å². The fourth-order valence-corrected chi connectivity index (χ4v) is 1.67. The van der Waals surface area contributed by atoms with Gasteiger partial charge in [0.05, 0.1) is 10.7 Å². The lowest BCUT2D eigenvalue weighted by atomic mass is 10.2. The first kappa shape index (κ1) is 13.1. The molecule has 0 saturated carbocycles. The van der Waals surface area contributed by atoms with Crippen molar-refractivity contribution in [2.45, 2.75) is 25.8 Å². The van der Waals surface area contributed by atoms with Crippen molar-refractivity contribution in [2.75, 3.05) is 13.6 Å². The van der Waals surface area contributed by atoms with Crippen molar-refractivity contribution in [2.24, 2.45) is 5.73 Å². The van der Waals surface area contributed by atoms with Gasteiger partial charge < -0.3 is 10.6 Å². The number of aromatic nitrogens is 1. The largest absolute Gasteiger partial charge is 0.393 e. The monoisotopic (exact) mass is 237 g/mol. The molecule has 0 radical (unpaired) electrons. The van der Waals surface area contributed by atoms with Gasteiger partial charge in [-0.25, -0.2) is 0 Å². The van der Waals surface area contributed by atoms with Gasteiger partial charge in [0.1, 0.15) is 0 Å². The Balaban J connectivity index is 2.16. The Morgan fingerprint density at radius 1 is 1.44 bits per heavy atom. The molecule has 1 rings (SSSR count). The quantitative estimate of drug-likeness (QED) is 0.581. The van der Waals surface area contributed by atoms with E-state index in [9.17, 15) is 0 Å². The minimum absolute atomic E-state index is 0.618. The molecule has 0 spiro atoms. The summed E-state index contributed by atoms with van der Waals surface area (Å²) in [4.78, 5) is 7.18. The molecule has 0 unspecified atom stereocenters. The summed E-state index contributed by atoms with van der Waals surface area (Å²) in [6.07, 6.45) is 4.88. The van der Waals surface area contributed by atoms with Crippen LogP contribution in [0.15, 0.2) is 24.4 Å². The van der Waals surface area contributed by atoms with Gasteiger partial charge in [-0.15, -0.1) is 0 Å². The molecule has 0 amide bonds. The van der Waals surface area contributed by atoms with Gasteiger partial charge >= 0.3 is 0 Å². The summed E-state index contributed by atoms with van der Waals surface area (Å²) in [5, 5.41) is 0. The average Bonchev–Trinajstić information content (AvgIpc) is 2.25. The summed E-state index contributed by atoms with van der Waals surface area (Å²) in [5.74, 6) is 0. The molecule has 0 fully saturated rings. The van der Waals surface area contributed by atoms with Crippen molar-refractivity contribution in [1.29, 1.82) is 0 Å². The Kier molecular flexibility index (Phi) is 5.96. The number of rotatable bonds is 7. The predicted molar refractivity (Wildman–Crippen MR) is 71.2 cm³/mol. The first-order valence-corrected chi connectivity index (χ1v) is 5.96. The minimum Gasteiger partial charge on any atom is -0.393 e. The summed E-state index contributed by atoms with van der Waals surface area (Å²) >= 11 is 4.83. The molecular formula is C12H19N3S. The Morgan fingerprint density at radius 3 is 2.88 bits per heavy atom. The Bertz CT molecular complexity index is 313. The second-order valence-electron chi connectivity index (χ2n) is 3.98. The molecule has 0 aromatic carbocycles. The van der Waals surface area contributed by atoms with Crippen LogP contribution in [-0.2, 0) is 6.54 Å². The maximum absolute atomic E-state index is 5.44. The van der Waals surface area contributed by atoms with Crippen molar-refractivity contribution < 1.29 is 0 Å². The van der Waals surface area contributed by atoms with Crippen LogP contribution in [0, 0.1) is 0 Å². The van der Waals surface area contributed by atoms with Gasteiger partial charge in [-0.05, 0) is 45.0 Å². The lowest BCUT2D eigenvalue weighted by Gasteiger charge is -2.15. The zero-order valence-electron chi connectivity index (χ0n) is 9.72. The van der Waals surface area contributed by atoms with Gasteiger partial charge in [-0.3, -0.25) is 4.98 Å². The third kappa shape index (κ3) is 5.78. The number of nitrogens with two attached hydrogens (primary N) is 1. The summed E-state index contributed by atoms with van der Waals surface area (Å²) in [6.45, 7) is 1.95. The molecule has 0 aliphatic heterocycles. The summed E-state index contributed by atoms with van der Waals surface area (Å²) < 4.78 is 0. The molecule has 16 heavy (non-hydrogen) atoms. The van der Waals surface area contributed by atoms with Crippen LogP contribution in [0.3, 0.4) is 0 Å². The van der Waals surface area contributed by atoms with E-state index in [1.54, 1.807) is 0 Å². The minimum atomic E-state index is 0.618. The number of unbranched alkanes of at least 4 members (excludes halogenated alkanes) is 1. The third-order valence-electron chi connectivity index (χ3n) is 2.37. The second kappa shape index (κ2) is 7.30. The molecule has 0 atom stereocenters. The number of hydrogen-bond donors (Lipinski definition) is 1. The van der Waals surface area contributed by atoms with Crippen molar-refractivity contribution >= 4 is 17.2 Å². The second-order valence-corrected chi connectivity index (χ2v) is 4.51. The molecule has 0 aliphatic rings. The Morgan fingerprint density at radius 2 is 2.25 bits per heavy atom. The van der Waals surface area contributed by atoms with Crippen molar-refractivity contribution in [3.63, 3.8) is 0 Å². The molecule has 4 heteroatoms. The zero-order chi connectivity index (χ0) is 11.8. The molecule has 1 aromatic heterocycles. The van der Waals surface area contributed by atoms with Gasteiger partial charge in [-0.1, -0.05) is 18.3 Å². The highest BCUT2D eigenvalue weighted by Crippen LogP contribution is 2.02. The van der Waals surface area contributed by atoms with E-state index in [0.717, 1.165) is 38.0 Å². The van der Waals surface area contributed by atoms with E-state index >= 15 is 0 Å². The summed E-state index contributed by atoms with van der Waals surface area (Å²) in [5.41, 5.74) is 6.55. The predicted octanol–water partition coefficient (Wildman–Crippen LogP) is 1.97. The van der Waals surface area contributed by atoms with Gasteiger partial charge in [-0.2, -0.15) is 0 Å². The van der Waals surface area contributed by atoms with E-state index in [2.05, 4.69) is 16.9 Å². The molecule has 0 aliphatic carbocycles. The van der Waals surface area contributed by atoms with Gasteiger partial charge in [0, 0.05) is 12.7 Å². The highest BCUT2D eigenvalue weighted by Gasteiger charge is 2.00. The fraction of sp³-hybridized carbons (Fsp3) is 0.500. The number of thiocarbonyl (C=S) groups is 1. The zero-order valence-corrected chi connectivity index (χ0v) is 10.5. The molecule has 1 aromatic rings. The highest BCUT2D eigenvalue weighted by atomic mass is 32.1. The SMILES string of the molecule is CN(CCCCC(N)=S)Cc1ccccn1. The molecule has 1 heterocycles. The first-order valence-electron chi connectivity index (χ1n) is 5.55. The molecular weight excluding hydrogens is 218 g/mol.